The second-order valence-corrected chi connectivity index (χ2v) is 12.2. The van der Waals surface area contributed by atoms with Gasteiger partial charge >= 0.3 is 0 Å². The number of hydrogen-bond acceptors (Lipinski definition) is 9. The number of hydrogen-bond donors (Lipinski definition) is 1. The number of aliphatic hydroxyl groups is 1. The van der Waals surface area contributed by atoms with Gasteiger partial charge in [0.25, 0.3) is 0 Å². The highest BCUT2D eigenvalue weighted by molar-refractivity contribution is 7.98. The zero-order valence-electron chi connectivity index (χ0n) is 23.7. The summed E-state index contributed by atoms with van der Waals surface area (Å²) in [6.45, 7) is 0.0795. The largest absolute Gasteiger partial charge is 0.388 e. The van der Waals surface area contributed by atoms with Crippen LogP contribution in [0.5, 0.6) is 0 Å². The van der Waals surface area contributed by atoms with E-state index in [1.54, 1.807) is 22.8 Å². The van der Waals surface area contributed by atoms with Crippen molar-refractivity contribution in [2.75, 3.05) is 12.9 Å². The molecule has 46 heavy (non-hydrogen) atoms. The summed E-state index contributed by atoms with van der Waals surface area (Å²) in [5.41, 5.74) is 1.32. The van der Waals surface area contributed by atoms with Crippen molar-refractivity contribution in [3.8, 4) is 16.9 Å². The Balaban J connectivity index is 1.30. The molecule has 0 radical (unpaired) electrons. The SMILES string of the molecule is CSc1nnc([C@@H]2O[C@@H]3CO[C@H](c4ccccc4)O[C@@H]3[C@H](n3cc(-c4cc(F)c(F)c(F)c4)nn3)[C@H]2O)n1-c1ccc(Cl)c(Cl)c1. The third-order valence-corrected chi connectivity index (χ3v) is 9.17. The van der Waals surface area contributed by atoms with Crippen LogP contribution in [0.4, 0.5) is 13.2 Å². The molecule has 3 aromatic carbocycles. The number of halogens is 5. The summed E-state index contributed by atoms with van der Waals surface area (Å²) >= 11 is 13.8. The molecule has 238 valence electrons. The Bertz CT molecular complexity index is 1880. The van der Waals surface area contributed by atoms with Gasteiger partial charge in [-0.25, -0.2) is 17.9 Å². The molecule has 7 rings (SSSR count). The fraction of sp³-hybridized carbons (Fsp3) is 0.267. The molecule has 5 aromatic rings. The van der Waals surface area contributed by atoms with Crippen LogP contribution in [0, 0.1) is 17.5 Å². The van der Waals surface area contributed by atoms with Gasteiger partial charge in [0.1, 0.15) is 36.2 Å². The van der Waals surface area contributed by atoms with Gasteiger partial charge in [-0.15, -0.1) is 15.3 Å². The summed E-state index contributed by atoms with van der Waals surface area (Å²) in [6.07, 6.45) is -1.60. The highest BCUT2D eigenvalue weighted by Gasteiger charge is 2.52. The molecule has 0 saturated carbocycles. The van der Waals surface area contributed by atoms with E-state index < -0.39 is 54.2 Å². The van der Waals surface area contributed by atoms with E-state index in [0.717, 1.165) is 17.7 Å². The summed E-state index contributed by atoms with van der Waals surface area (Å²) in [5.74, 6) is -4.09. The maximum Gasteiger partial charge on any atom is 0.195 e. The van der Waals surface area contributed by atoms with Crippen LogP contribution in [0.15, 0.2) is 72.0 Å². The molecule has 10 nitrogen and oxygen atoms in total. The highest BCUT2D eigenvalue weighted by Crippen LogP contribution is 2.44. The minimum Gasteiger partial charge on any atom is -0.388 e. The van der Waals surface area contributed by atoms with E-state index >= 15 is 0 Å². The Morgan fingerprint density at radius 3 is 2.41 bits per heavy atom. The normalized spacial score (nSPS) is 24.6. The first-order valence-electron chi connectivity index (χ1n) is 13.9. The lowest BCUT2D eigenvalue weighted by molar-refractivity contribution is -0.319. The predicted molar refractivity (Wildman–Crippen MR) is 161 cm³/mol. The Morgan fingerprint density at radius 2 is 1.70 bits per heavy atom. The number of rotatable bonds is 6. The number of aliphatic hydroxyl groups excluding tert-OH is 1. The molecule has 2 saturated heterocycles. The third kappa shape index (κ3) is 5.57. The van der Waals surface area contributed by atoms with Crippen molar-refractivity contribution in [2.45, 2.75) is 41.9 Å². The van der Waals surface area contributed by atoms with E-state index in [1.165, 1.54) is 22.6 Å². The van der Waals surface area contributed by atoms with Crippen molar-refractivity contribution in [3.63, 3.8) is 0 Å². The van der Waals surface area contributed by atoms with Gasteiger partial charge in [-0.05, 0) is 36.6 Å². The van der Waals surface area contributed by atoms with Crippen molar-refractivity contribution in [1.82, 2.24) is 29.8 Å². The number of thioether (sulfide) groups is 1. The lowest BCUT2D eigenvalue weighted by Crippen LogP contribution is -2.57. The molecular weight excluding hydrogens is 668 g/mol. The van der Waals surface area contributed by atoms with E-state index in [-0.39, 0.29) is 23.7 Å². The minimum atomic E-state index is -1.60. The second-order valence-electron chi connectivity index (χ2n) is 10.6. The molecule has 2 aromatic heterocycles. The van der Waals surface area contributed by atoms with Gasteiger partial charge in [-0.3, -0.25) is 4.57 Å². The molecule has 0 bridgehead atoms. The Labute approximate surface area is 274 Å². The average molecular weight is 692 g/mol. The maximum atomic E-state index is 14.1. The monoisotopic (exact) mass is 690 g/mol. The van der Waals surface area contributed by atoms with E-state index in [9.17, 15) is 18.3 Å². The van der Waals surface area contributed by atoms with Crippen LogP contribution in [0.1, 0.15) is 29.8 Å². The molecule has 0 spiro atoms. The summed E-state index contributed by atoms with van der Waals surface area (Å²) in [5, 5.41) is 30.2. The molecule has 6 atom stereocenters. The van der Waals surface area contributed by atoms with Gasteiger partial charge in [0, 0.05) is 11.1 Å². The van der Waals surface area contributed by atoms with Gasteiger partial charge in [0.15, 0.2) is 34.7 Å². The summed E-state index contributed by atoms with van der Waals surface area (Å²) < 4.78 is 63.7. The standard InChI is InChI=1S/C30H23Cl2F3N6O4S/c1-46-30-38-37-28(41(30)16-7-8-17(31)18(32)11-16)27-25(42)24(26-22(44-27)13-43-29(45-26)14-5-3-2-4-6-14)40-12-21(36-39-40)15-9-19(33)23(35)20(34)10-15/h2-12,22,24-27,29,42H,13H2,1H3/t22-,24-,25-,26+,27-,29+/m1/s1. The second kappa shape index (κ2) is 12.6. The average Bonchev–Trinajstić information content (AvgIpc) is 3.72. The highest BCUT2D eigenvalue weighted by atomic mass is 35.5. The number of aromatic nitrogens is 6. The molecule has 2 aliphatic heterocycles. The van der Waals surface area contributed by atoms with Crippen LogP contribution < -0.4 is 0 Å². The molecular formula is C30H23Cl2F3N6O4S. The van der Waals surface area contributed by atoms with Crippen molar-refractivity contribution < 1.29 is 32.5 Å². The fourth-order valence-electron chi connectivity index (χ4n) is 5.63. The summed E-state index contributed by atoms with van der Waals surface area (Å²) in [7, 11) is 0. The van der Waals surface area contributed by atoms with Crippen LogP contribution in [-0.4, -0.2) is 66.0 Å². The maximum absolute atomic E-state index is 14.1. The van der Waals surface area contributed by atoms with Crippen molar-refractivity contribution >= 4 is 35.0 Å². The van der Waals surface area contributed by atoms with Crippen molar-refractivity contribution in [1.29, 1.82) is 0 Å². The lowest BCUT2D eigenvalue weighted by atomic mass is 9.91. The zero-order valence-corrected chi connectivity index (χ0v) is 26.0. The summed E-state index contributed by atoms with van der Waals surface area (Å²) in [4.78, 5) is 0. The van der Waals surface area contributed by atoms with Gasteiger partial charge in [-0.2, -0.15) is 0 Å². The van der Waals surface area contributed by atoms with Crippen LogP contribution in [0.3, 0.4) is 0 Å². The van der Waals surface area contributed by atoms with E-state index in [0.29, 0.717) is 20.9 Å². The molecule has 1 N–H and O–H groups in total. The first-order valence-corrected chi connectivity index (χ1v) is 15.9. The molecule has 0 aliphatic carbocycles. The summed E-state index contributed by atoms with van der Waals surface area (Å²) in [6, 6.07) is 14.9. The molecule has 2 fully saturated rings. The minimum absolute atomic E-state index is 0.0416. The number of nitrogens with zero attached hydrogens (tertiary/aromatic N) is 6. The zero-order chi connectivity index (χ0) is 32.1. The molecule has 0 amide bonds. The number of benzene rings is 3. The van der Waals surface area contributed by atoms with Crippen LogP contribution in [0.2, 0.25) is 10.0 Å². The van der Waals surface area contributed by atoms with E-state index in [1.807, 2.05) is 36.6 Å². The van der Waals surface area contributed by atoms with Crippen molar-refractivity contribution in [2.24, 2.45) is 0 Å². The topological polar surface area (TPSA) is 109 Å². The first-order chi connectivity index (χ1) is 22.2. The van der Waals surface area contributed by atoms with E-state index in [4.69, 9.17) is 37.4 Å². The predicted octanol–water partition coefficient (Wildman–Crippen LogP) is 6.13. The molecule has 2 aliphatic rings. The molecule has 4 heterocycles. The van der Waals surface area contributed by atoms with Gasteiger partial charge in [-0.1, -0.05) is 70.5 Å². The smallest absolute Gasteiger partial charge is 0.195 e. The van der Waals surface area contributed by atoms with Gasteiger partial charge in [0.05, 0.1) is 28.5 Å². The van der Waals surface area contributed by atoms with Crippen molar-refractivity contribution in [3.05, 3.63) is 106 Å². The first kappa shape index (κ1) is 31.1. The quantitative estimate of drug-likeness (QED) is 0.166. The Kier molecular flexibility index (Phi) is 8.52. The molecule has 0 unspecified atom stereocenters. The van der Waals surface area contributed by atoms with Crippen LogP contribution >= 0.6 is 35.0 Å². The Hall–Kier alpha value is -3.50. The van der Waals surface area contributed by atoms with E-state index in [2.05, 4.69) is 20.5 Å². The number of fused-ring (bicyclic) bond motifs is 1. The third-order valence-electron chi connectivity index (χ3n) is 7.80. The lowest BCUT2D eigenvalue weighted by Gasteiger charge is -2.47. The van der Waals surface area contributed by atoms with Gasteiger partial charge in [0.2, 0.25) is 0 Å². The Morgan fingerprint density at radius 1 is 0.935 bits per heavy atom. The molecule has 16 heteroatoms. The fourth-order valence-corrected chi connectivity index (χ4v) is 6.43. The van der Waals surface area contributed by atoms with Gasteiger partial charge < -0.3 is 19.3 Å². The van der Waals surface area contributed by atoms with Crippen LogP contribution in [0.25, 0.3) is 16.9 Å². The number of ether oxygens (including phenoxy) is 3. The van der Waals surface area contributed by atoms with Crippen LogP contribution in [-0.2, 0) is 14.2 Å².